The number of carbonyl (C=O) groups excluding carboxylic acids is 1. The van der Waals surface area contributed by atoms with Crippen LogP contribution in [0.15, 0.2) is 64.3 Å². The molecular formula is C18H13BrFN5O3. The van der Waals surface area contributed by atoms with E-state index in [1.807, 2.05) is 24.3 Å². The summed E-state index contributed by atoms with van der Waals surface area (Å²) in [6.45, 7) is 0.256. The molecule has 0 aliphatic carbocycles. The quantitative estimate of drug-likeness (QED) is 0.356. The largest absolute Gasteiger partial charge is 0.320 e. The summed E-state index contributed by atoms with van der Waals surface area (Å²) in [5, 5.41) is 19.0. The minimum atomic E-state index is -0.821. The van der Waals surface area contributed by atoms with Crippen molar-refractivity contribution in [3.8, 4) is 0 Å². The number of carbonyl (C=O) groups is 1. The van der Waals surface area contributed by atoms with E-state index in [0.29, 0.717) is 5.56 Å². The lowest BCUT2D eigenvalue weighted by atomic mass is 10.2. The highest BCUT2D eigenvalue weighted by Crippen LogP contribution is 2.19. The van der Waals surface area contributed by atoms with Crippen molar-refractivity contribution >= 4 is 33.7 Å². The molecule has 1 aromatic heterocycles. The summed E-state index contributed by atoms with van der Waals surface area (Å²) >= 11 is 3.35. The lowest BCUT2D eigenvalue weighted by molar-refractivity contribution is -0.385. The number of hydrogen-bond acceptors (Lipinski definition) is 5. The summed E-state index contributed by atoms with van der Waals surface area (Å²) in [5.74, 6) is -1.22. The van der Waals surface area contributed by atoms with Gasteiger partial charge in [0.2, 0.25) is 5.69 Å². The molecule has 0 atom stereocenters. The van der Waals surface area contributed by atoms with Crippen LogP contribution in [0.3, 0.4) is 0 Å². The molecule has 1 N–H and O–H groups in total. The average Bonchev–Trinajstić information content (AvgIpc) is 3.07. The third-order valence-corrected chi connectivity index (χ3v) is 4.13. The number of hydrogen-bond donors (Lipinski definition) is 1. The minimum absolute atomic E-state index is 0.256. The molecule has 2 aromatic carbocycles. The Kier molecular flexibility index (Phi) is 5.90. The van der Waals surface area contributed by atoms with Gasteiger partial charge in [0.1, 0.15) is 12.0 Å². The molecule has 1 amide bonds. The fourth-order valence-corrected chi connectivity index (χ4v) is 2.82. The van der Waals surface area contributed by atoms with Crippen molar-refractivity contribution in [1.29, 1.82) is 0 Å². The number of hydrazone groups is 1. The number of amides is 1. The number of benzene rings is 2. The van der Waals surface area contributed by atoms with Crippen LogP contribution in [0, 0.1) is 15.9 Å². The predicted octanol–water partition coefficient (Wildman–Crippen LogP) is 3.51. The van der Waals surface area contributed by atoms with Crippen LogP contribution in [0.25, 0.3) is 0 Å². The summed E-state index contributed by atoms with van der Waals surface area (Å²) in [7, 11) is 0. The highest BCUT2D eigenvalue weighted by Gasteiger charge is 2.25. The van der Waals surface area contributed by atoms with Crippen molar-refractivity contribution in [3.05, 3.63) is 92.0 Å². The summed E-state index contributed by atoms with van der Waals surface area (Å²) < 4.78 is 15.0. The standard InChI is InChI=1S/C18H13BrFN5O3/c19-14-3-1-2-13(8-14)10-24-11-16(25(27)28)17(23-24)18(26)22-21-9-12-4-6-15(20)7-5-12/h1-9,11H,10H2,(H,22,26)/b21-9-. The van der Waals surface area contributed by atoms with E-state index in [1.54, 1.807) is 0 Å². The van der Waals surface area contributed by atoms with E-state index in [-0.39, 0.29) is 12.2 Å². The minimum Gasteiger partial charge on any atom is -0.265 e. The van der Waals surface area contributed by atoms with E-state index in [2.05, 4.69) is 31.6 Å². The smallest absolute Gasteiger partial charge is 0.265 e. The Morgan fingerprint density at radius 2 is 2.07 bits per heavy atom. The highest BCUT2D eigenvalue weighted by molar-refractivity contribution is 9.10. The molecule has 0 saturated heterocycles. The van der Waals surface area contributed by atoms with Crippen LogP contribution in [-0.4, -0.2) is 26.8 Å². The SMILES string of the molecule is O=C(N/N=C\c1ccc(F)cc1)c1nn(Cc2cccc(Br)c2)cc1[N+](=O)[O-]. The molecule has 0 bridgehead atoms. The van der Waals surface area contributed by atoms with Crippen molar-refractivity contribution in [2.24, 2.45) is 5.10 Å². The number of nitrogens with one attached hydrogen (secondary N) is 1. The first-order valence-electron chi connectivity index (χ1n) is 7.97. The zero-order valence-corrected chi connectivity index (χ0v) is 15.8. The lowest BCUT2D eigenvalue weighted by Gasteiger charge is -2.01. The van der Waals surface area contributed by atoms with Crippen molar-refractivity contribution < 1.29 is 14.1 Å². The van der Waals surface area contributed by atoms with E-state index in [1.165, 1.54) is 41.4 Å². The maximum absolute atomic E-state index is 12.9. The van der Waals surface area contributed by atoms with Crippen molar-refractivity contribution in [2.75, 3.05) is 0 Å². The number of halogens is 2. The van der Waals surface area contributed by atoms with Gasteiger partial charge in [-0.2, -0.15) is 10.2 Å². The second-order valence-electron chi connectivity index (χ2n) is 5.70. The van der Waals surface area contributed by atoms with Gasteiger partial charge in [-0.25, -0.2) is 9.82 Å². The molecule has 10 heteroatoms. The van der Waals surface area contributed by atoms with Gasteiger partial charge in [-0.05, 0) is 35.4 Å². The zero-order valence-electron chi connectivity index (χ0n) is 14.3. The first-order chi connectivity index (χ1) is 13.4. The Hall–Kier alpha value is -3.40. The zero-order chi connectivity index (χ0) is 20.1. The monoisotopic (exact) mass is 445 g/mol. The molecule has 0 spiro atoms. The molecule has 3 aromatic rings. The van der Waals surface area contributed by atoms with Gasteiger partial charge < -0.3 is 0 Å². The van der Waals surface area contributed by atoms with E-state index >= 15 is 0 Å². The topological polar surface area (TPSA) is 102 Å². The number of rotatable bonds is 6. The summed E-state index contributed by atoms with van der Waals surface area (Å²) in [6.07, 6.45) is 2.49. The molecular weight excluding hydrogens is 433 g/mol. The normalized spacial score (nSPS) is 10.9. The van der Waals surface area contributed by atoms with E-state index in [9.17, 15) is 19.3 Å². The lowest BCUT2D eigenvalue weighted by Crippen LogP contribution is -2.19. The number of nitrogens with zero attached hydrogens (tertiary/aromatic N) is 4. The third-order valence-electron chi connectivity index (χ3n) is 3.64. The van der Waals surface area contributed by atoms with Crippen molar-refractivity contribution in [3.63, 3.8) is 0 Å². The number of aromatic nitrogens is 2. The van der Waals surface area contributed by atoms with E-state index < -0.39 is 22.3 Å². The first kappa shape index (κ1) is 19.4. The highest BCUT2D eigenvalue weighted by atomic mass is 79.9. The van der Waals surface area contributed by atoms with Gasteiger partial charge in [0.05, 0.1) is 17.7 Å². The Bertz CT molecular complexity index is 1050. The molecule has 28 heavy (non-hydrogen) atoms. The van der Waals surface area contributed by atoms with Crippen LogP contribution in [0.1, 0.15) is 21.6 Å². The Morgan fingerprint density at radius 3 is 2.75 bits per heavy atom. The molecule has 8 nitrogen and oxygen atoms in total. The van der Waals surface area contributed by atoms with Crippen LogP contribution < -0.4 is 5.43 Å². The third kappa shape index (κ3) is 4.86. The maximum Gasteiger partial charge on any atom is 0.320 e. The molecule has 3 rings (SSSR count). The van der Waals surface area contributed by atoms with E-state index in [4.69, 9.17) is 0 Å². The Morgan fingerprint density at radius 1 is 1.32 bits per heavy atom. The molecule has 0 aliphatic heterocycles. The van der Waals surface area contributed by atoms with Gasteiger partial charge in [-0.15, -0.1) is 0 Å². The molecule has 0 fully saturated rings. The second kappa shape index (κ2) is 8.53. The summed E-state index contributed by atoms with van der Waals surface area (Å²) in [4.78, 5) is 22.8. The Balaban J connectivity index is 1.76. The van der Waals surface area contributed by atoms with Gasteiger partial charge in [0.15, 0.2) is 0 Å². The maximum atomic E-state index is 12.9. The van der Waals surface area contributed by atoms with Gasteiger partial charge in [-0.3, -0.25) is 19.6 Å². The fourth-order valence-electron chi connectivity index (χ4n) is 2.38. The van der Waals surface area contributed by atoms with Crippen molar-refractivity contribution in [2.45, 2.75) is 6.54 Å². The molecule has 0 unspecified atom stereocenters. The Labute approximate surface area is 167 Å². The second-order valence-corrected chi connectivity index (χ2v) is 6.61. The molecule has 0 aliphatic rings. The van der Waals surface area contributed by atoms with Crippen LogP contribution in [-0.2, 0) is 6.54 Å². The van der Waals surface area contributed by atoms with Crippen molar-refractivity contribution in [1.82, 2.24) is 15.2 Å². The van der Waals surface area contributed by atoms with Gasteiger partial charge >= 0.3 is 5.69 Å². The first-order valence-corrected chi connectivity index (χ1v) is 8.77. The van der Waals surface area contributed by atoms with Gasteiger partial charge in [0.25, 0.3) is 5.91 Å². The van der Waals surface area contributed by atoms with Crippen LogP contribution in [0.5, 0.6) is 0 Å². The number of nitro groups is 1. The fraction of sp³-hybridized carbons (Fsp3) is 0.0556. The molecule has 0 radical (unpaired) electrons. The molecule has 142 valence electrons. The van der Waals surface area contributed by atoms with Crippen LogP contribution in [0.4, 0.5) is 10.1 Å². The predicted molar refractivity (Wildman–Crippen MR) is 104 cm³/mol. The molecule has 0 saturated carbocycles. The summed E-state index contributed by atoms with van der Waals surface area (Å²) in [5.41, 5.74) is 2.82. The average molecular weight is 446 g/mol. The van der Waals surface area contributed by atoms with Gasteiger partial charge in [-0.1, -0.05) is 40.2 Å². The summed E-state index contributed by atoms with van der Waals surface area (Å²) in [6, 6.07) is 12.8. The van der Waals surface area contributed by atoms with Crippen LogP contribution in [0.2, 0.25) is 0 Å². The molecule has 1 heterocycles. The van der Waals surface area contributed by atoms with E-state index in [0.717, 1.165) is 10.0 Å². The van der Waals surface area contributed by atoms with Gasteiger partial charge in [0, 0.05) is 4.47 Å². The van der Waals surface area contributed by atoms with Crippen LogP contribution >= 0.6 is 15.9 Å².